The van der Waals surface area contributed by atoms with Crippen LogP contribution in [0.15, 0.2) is 24.3 Å². The Balaban J connectivity index is 2.37. The van der Waals surface area contributed by atoms with E-state index in [1.807, 2.05) is 24.3 Å². The van der Waals surface area contributed by atoms with Gasteiger partial charge in [0, 0.05) is 10.7 Å². The minimum absolute atomic E-state index is 0.0864. The van der Waals surface area contributed by atoms with E-state index in [2.05, 4.69) is 0 Å². The highest BCUT2D eigenvalue weighted by molar-refractivity contribution is 8.13. The van der Waals surface area contributed by atoms with Crippen molar-refractivity contribution < 1.29 is 17.9 Å². The summed E-state index contributed by atoms with van der Waals surface area (Å²) in [4.78, 5) is 0. The number of hydrogen-bond donors (Lipinski definition) is 0. The standard InChI is InChI=1S/C10H13ClO4S/c1-14-10-4-2-3-9(7-10)8-15-5-6-16(11,12)13/h2-4,7H,5-6,8H2,1H3. The molecule has 0 aliphatic carbocycles. The fourth-order valence-electron chi connectivity index (χ4n) is 1.11. The predicted octanol–water partition coefficient (Wildman–Crippen LogP) is 1.78. The van der Waals surface area contributed by atoms with Gasteiger partial charge in [-0.1, -0.05) is 12.1 Å². The lowest BCUT2D eigenvalue weighted by atomic mass is 10.2. The van der Waals surface area contributed by atoms with Crippen molar-refractivity contribution in [2.75, 3.05) is 19.5 Å². The van der Waals surface area contributed by atoms with Crippen LogP contribution in [0.3, 0.4) is 0 Å². The molecule has 0 saturated carbocycles. The van der Waals surface area contributed by atoms with Crippen LogP contribution < -0.4 is 4.74 Å². The van der Waals surface area contributed by atoms with Gasteiger partial charge in [-0.3, -0.25) is 0 Å². The molecule has 0 radical (unpaired) electrons. The van der Waals surface area contributed by atoms with Crippen molar-refractivity contribution >= 4 is 19.7 Å². The minimum Gasteiger partial charge on any atom is -0.497 e. The lowest BCUT2D eigenvalue weighted by molar-refractivity contribution is 0.135. The zero-order valence-electron chi connectivity index (χ0n) is 8.85. The van der Waals surface area contributed by atoms with Crippen molar-refractivity contribution in [1.82, 2.24) is 0 Å². The number of halogens is 1. The van der Waals surface area contributed by atoms with E-state index in [1.54, 1.807) is 7.11 Å². The van der Waals surface area contributed by atoms with Gasteiger partial charge in [-0.15, -0.1) is 0 Å². The highest BCUT2D eigenvalue weighted by atomic mass is 35.7. The van der Waals surface area contributed by atoms with Crippen LogP contribution in [0.4, 0.5) is 0 Å². The van der Waals surface area contributed by atoms with Crippen LogP contribution in [-0.2, 0) is 20.4 Å². The van der Waals surface area contributed by atoms with E-state index in [1.165, 1.54) is 0 Å². The second-order valence-corrected chi connectivity index (χ2v) is 6.04. The molecular formula is C10H13ClO4S. The molecular weight excluding hydrogens is 252 g/mol. The Morgan fingerprint density at radius 1 is 1.38 bits per heavy atom. The van der Waals surface area contributed by atoms with E-state index in [0.717, 1.165) is 11.3 Å². The van der Waals surface area contributed by atoms with Crippen molar-refractivity contribution in [2.45, 2.75) is 6.61 Å². The van der Waals surface area contributed by atoms with Crippen LogP contribution in [0, 0.1) is 0 Å². The Morgan fingerprint density at radius 2 is 2.12 bits per heavy atom. The molecule has 0 amide bonds. The molecule has 0 bridgehead atoms. The van der Waals surface area contributed by atoms with Crippen molar-refractivity contribution in [3.63, 3.8) is 0 Å². The van der Waals surface area contributed by atoms with E-state index in [0.29, 0.717) is 6.61 Å². The number of hydrogen-bond acceptors (Lipinski definition) is 4. The zero-order valence-corrected chi connectivity index (χ0v) is 10.4. The first-order valence-electron chi connectivity index (χ1n) is 4.64. The van der Waals surface area contributed by atoms with E-state index in [9.17, 15) is 8.42 Å². The summed E-state index contributed by atoms with van der Waals surface area (Å²) in [6.45, 7) is 0.423. The van der Waals surface area contributed by atoms with Crippen molar-refractivity contribution in [3.05, 3.63) is 29.8 Å². The molecule has 0 aliphatic rings. The summed E-state index contributed by atoms with van der Waals surface area (Å²) in [7, 11) is 3.15. The van der Waals surface area contributed by atoms with Gasteiger partial charge in [0.05, 0.1) is 26.1 Å². The van der Waals surface area contributed by atoms with Gasteiger partial charge >= 0.3 is 0 Å². The second-order valence-electron chi connectivity index (χ2n) is 3.15. The molecule has 0 spiro atoms. The van der Waals surface area contributed by atoms with Crippen LogP contribution in [-0.4, -0.2) is 27.9 Å². The molecule has 0 atom stereocenters. The molecule has 4 nitrogen and oxygen atoms in total. The second kappa shape index (κ2) is 6.08. The summed E-state index contributed by atoms with van der Waals surface area (Å²) in [6.07, 6.45) is 0. The number of benzene rings is 1. The van der Waals surface area contributed by atoms with Crippen LogP contribution >= 0.6 is 10.7 Å². The molecule has 6 heteroatoms. The van der Waals surface area contributed by atoms with E-state index < -0.39 is 9.05 Å². The largest absolute Gasteiger partial charge is 0.497 e. The molecule has 0 aromatic heterocycles. The molecule has 1 rings (SSSR count). The SMILES string of the molecule is COc1cccc(COCCS(=O)(=O)Cl)c1. The van der Waals surface area contributed by atoms with E-state index in [-0.39, 0.29) is 12.4 Å². The van der Waals surface area contributed by atoms with Gasteiger partial charge in [0.25, 0.3) is 0 Å². The first-order chi connectivity index (χ1) is 7.51. The Labute approximate surface area is 99.6 Å². The van der Waals surface area contributed by atoms with Gasteiger partial charge in [0.15, 0.2) is 0 Å². The van der Waals surface area contributed by atoms with Gasteiger partial charge < -0.3 is 9.47 Å². The Hall–Kier alpha value is -0.780. The van der Waals surface area contributed by atoms with Gasteiger partial charge in [-0.25, -0.2) is 8.42 Å². The van der Waals surface area contributed by atoms with E-state index in [4.69, 9.17) is 20.2 Å². The monoisotopic (exact) mass is 264 g/mol. The van der Waals surface area contributed by atoms with Crippen LogP contribution in [0.25, 0.3) is 0 Å². The minimum atomic E-state index is -3.47. The maximum atomic E-state index is 10.6. The zero-order chi connectivity index (χ0) is 12.0. The molecule has 0 aliphatic heterocycles. The van der Waals surface area contributed by atoms with Crippen LogP contribution in [0.1, 0.15) is 5.56 Å². The summed E-state index contributed by atoms with van der Waals surface area (Å²) < 4.78 is 31.4. The molecule has 16 heavy (non-hydrogen) atoms. The fraction of sp³-hybridized carbons (Fsp3) is 0.400. The smallest absolute Gasteiger partial charge is 0.234 e. The molecule has 0 unspecified atom stereocenters. The fourth-order valence-corrected chi connectivity index (χ4v) is 1.62. The average molecular weight is 265 g/mol. The highest BCUT2D eigenvalue weighted by Crippen LogP contribution is 2.13. The quantitative estimate of drug-likeness (QED) is 0.581. The molecule has 0 heterocycles. The molecule has 0 saturated heterocycles. The topological polar surface area (TPSA) is 52.6 Å². The molecule has 1 aromatic carbocycles. The van der Waals surface area contributed by atoms with Crippen LogP contribution in [0.2, 0.25) is 0 Å². The normalized spacial score (nSPS) is 11.4. The lowest BCUT2D eigenvalue weighted by Gasteiger charge is -2.05. The van der Waals surface area contributed by atoms with Crippen molar-refractivity contribution in [3.8, 4) is 5.75 Å². The van der Waals surface area contributed by atoms with Gasteiger partial charge in [0.2, 0.25) is 9.05 Å². The van der Waals surface area contributed by atoms with Crippen molar-refractivity contribution in [2.24, 2.45) is 0 Å². The first kappa shape index (κ1) is 13.3. The molecule has 0 fully saturated rings. The summed E-state index contributed by atoms with van der Waals surface area (Å²) in [6, 6.07) is 7.37. The summed E-state index contributed by atoms with van der Waals surface area (Å²) in [5.41, 5.74) is 0.923. The Kier molecular flexibility index (Phi) is 5.05. The van der Waals surface area contributed by atoms with Gasteiger partial charge in [0.1, 0.15) is 5.75 Å². The summed E-state index contributed by atoms with van der Waals surface area (Å²) in [5, 5.41) is 0. The molecule has 90 valence electrons. The maximum absolute atomic E-state index is 10.6. The third-order valence-electron chi connectivity index (χ3n) is 1.87. The van der Waals surface area contributed by atoms with Crippen LogP contribution in [0.5, 0.6) is 5.75 Å². The van der Waals surface area contributed by atoms with E-state index >= 15 is 0 Å². The maximum Gasteiger partial charge on any atom is 0.234 e. The highest BCUT2D eigenvalue weighted by Gasteiger charge is 2.04. The van der Waals surface area contributed by atoms with Gasteiger partial charge in [-0.05, 0) is 17.7 Å². The van der Waals surface area contributed by atoms with Crippen molar-refractivity contribution in [1.29, 1.82) is 0 Å². The summed E-state index contributed by atoms with van der Waals surface area (Å²) >= 11 is 0. The molecule has 1 aromatic rings. The third kappa shape index (κ3) is 5.34. The Morgan fingerprint density at radius 3 is 2.75 bits per heavy atom. The first-order valence-corrected chi connectivity index (χ1v) is 7.12. The third-order valence-corrected chi connectivity index (χ3v) is 2.99. The van der Waals surface area contributed by atoms with Gasteiger partial charge in [-0.2, -0.15) is 0 Å². The number of methoxy groups -OCH3 is 1. The average Bonchev–Trinajstić information content (AvgIpc) is 2.23. The number of ether oxygens (including phenoxy) is 2. The lowest BCUT2D eigenvalue weighted by Crippen LogP contribution is -2.06. The Bertz CT molecular complexity index is 430. The molecule has 0 N–H and O–H groups in total. The predicted molar refractivity (Wildman–Crippen MR) is 62.3 cm³/mol. The summed E-state index contributed by atoms with van der Waals surface area (Å²) in [5.74, 6) is 0.560. The number of rotatable bonds is 6.